The van der Waals surface area contributed by atoms with Gasteiger partial charge in [-0.15, -0.1) is 0 Å². The summed E-state index contributed by atoms with van der Waals surface area (Å²) in [6.07, 6.45) is 0. The minimum absolute atomic E-state index is 0.552. The Morgan fingerprint density at radius 1 is 1.22 bits per heavy atom. The minimum Gasteiger partial charge on any atom is -0.481 e. The molecule has 0 aliphatic heterocycles. The average molecular weight is 243 g/mol. The standard InChI is InChI=1S/C14H17N3O/c1-10-5-3-4-6-11(10)9-16-14-12(15)7-8-13(17-14)18-2/h3-8H,9,15H2,1-2H3,(H,16,17). The van der Waals surface area contributed by atoms with E-state index in [1.165, 1.54) is 11.1 Å². The first-order chi connectivity index (χ1) is 8.70. The third-order valence-corrected chi connectivity index (χ3v) is 2.82. The predicted molar refractivity (Wildman–Crippen MR) is 73.7 cm³/mol. The zero-order valence-electron chi connectivity index (χ0n) is 10.6. The highest BCUT2D eigenvalue weighted by Crippen LogP contribution is 2.20. The van der Waals surface area contributed by atoms with Gasteiger partial charge in [-0.2, -0.15) is 4.98 Å². The number of nitrogens with two attached hydrogens (primary N) is 1. The van der Waals surface area contributed by atoms with Crippen LogP contribution in [0.2, 0.25) is 0 Å². The first-order valence-electron chi connectivity index (χ1n) is 5.79. The van der Waals surface area contributed by atoms with E-state index in [9.17, 15) is 0 Å². The predicted octanol–water partition coefficient (Wildman–Crippen LogP) is 2.59. The molecule has 0 amide bonds. The Kier molecular flexibility index (Phi) is 3.67. The van der Waals surface area contributed by atoms with Gasteiger partial charge in [-0.1, -0.05) is 24.3 Å². The number of anilines is 2. The van der Waals surface area contributed by atoms with E-state index in [4.69, 9.17) is 10.5 Å². The summed E-state index contributed by atoms with van der Waals surface area (Å²) in [7, 11) is 1.59. The summed E-state index contributed by atoms with van der Waals surface area (Å²) in [6.45, 7) is 2.77. The molecule has 1 heterocycles. The molecule has 1 aromatic heterocycles. The smallest absolute Gasteiger partial charge is 0.215 e. The lowest BCUT2D eigenvalue weighted by atomic mass is 10.1. The third kappa shape index (κ3) is 2.71. The van der Waals surface area contributed by atoms with Crippen LogP contribution in [0.5, 0.6) is 5.88 Å². The highest BCUT2D eigenvalue weighted by Gasteiger charge is 2.04. The lowest BCUT2D eigenvalue weighted by molar-refractivity contribution is 0.398. The van der Waals surface area contributed by atoms with Crippen molar-refractivity contribution in [3.8, 4) is 5.88 Å². The molecule has 0 saturated carbocycles. The number of benzene rings is 1. The van der Waals surface area contributed by atoms with Gasteiger partial charge in [0.25, 0.3) is 0 Å². The number of nitrogen functional groups attached to an aromatic ring is 1. The van der Waals surface area contributed by atoms with Crippen molar-refractivity contribution in [2.75, 3.05) is 18.2 Å². The van der Waals surface area contributed by atoms with Gasteiger partial charge in [0, 0.05) is 12.6 Å². The van der Waals surface area contributed by atoms with Crippen molar-refractivity contribution in [2.24, 2.45) is 0 Å². The van der Waals surface area contributed by atoms with E-state index in [2.05, 4.69) is 29.4 Å². The lowest BCUT2D eigenvalue weighted by Crippen LogP contribution is -2.06. The van der Waals surface area contributed by atoms with Crippen LogP contribution in [-0.2, 0) is 6.54 Å². The molecule has 3 N–H and O–H groups in total. The second-order valence-electron chi connectivity index (χ2n) is 4.07. The topological polar surface area (TPSA) is 60.2 Å². The van der Waals surface area contributed by atoms with Crippen LogP contribution in [-0.4, -0.2) is 12.1 Å². The molecule has 0 bridgehead atoms. The number of hydrogen-bond donors (Lipinski definition) is 2. The molecule has 0 aliphatic rings. The Hall–Kier alpha value is -2.23. The number of methoxy groups -OCH3 is 1. The highest BCUT2D eigenvalue weighted by molar-refractivity contribution is 5.62. The quantitative estimate of drug-likeness (QED) is 0.866. The summed E-state index contributed by atoms with van der Waals surface area (Å²) >= 11 is 0. The van der Waals surface area contributed by atoms with Crippen molar-refractivity contribution in [1.82, 2.24) is 4.98 Å². The fourth-order valence-electron chi connectivity index (χ4n) is 1.69. The molecule has 18 heavy (non-hydrogen) atoms. The van der Waals surface area contributed by atoms with Crippen LogP contribution in [0.3, 0.4) is 0 Å². The number of rotatable bonds is 4. The SMILES string of the molecule is COc1ccc(N)c(NCc2ccccc2C)n1. The van der Waals surface area contributed by atoms with Gasteiger partial charge >= 0.3 is 0 Å². The molecule has 1 aromatic carbocycles. The van der Waals surface area contributed by atoms with E-state index in [0.29, 0.717) is 23.9 Å². The van der Waals surface area contributed by atoms with Gasteiger partial charge in [0.2, 0.25) is 5.88 Å². The van der Waals surface area contributed by atoms with Crippen LogP contribution in [0.1, 0.15) is 11.1 Å². The van der Waals surface area contributed by atoms with E-state index < -0.39 is 0 Å². The Bertz CT molecular complexity index is 540. The summed E-state index contributed by atoms with van der Waals surface area (Å²) in [5.74, 6) is 1.20. The van der Waals surface area contributed by atoms with E-state index in [0.717, 1.165) is 0 Å². The molecule has 94 valence electrons. The number of pyridine rings is 1. The molecule has 0 fully saturated rings. The van der Waals surface area contributed by atoms with Crippen LogP contribution in [0.25, 0.3) is 0 Å². The van der Waals surface area contributed by atoms with Gasteiger partial charge in [0.1, 0.15) is 0 Å². The zero-order chi connectivity index (χ0) is 13.0. The molecule has 0 saturated heterocycles. The Labute approximate surface area is 107 Å². The van der Waals surface area contributed by atoms with Gasteiger partial charge in [0.05, 0.1) is 12.8 Å². The molecule has 4 nitrogen and oxygen atoms in total. The van der Waals surface area contributed by atoms with Crippen molar-refractivity contribution in [2.45, 2.75) is 13.5 Å². The van der Waals surface area contributed by atoms with E-state index in [1.807, 2.05) is 12.1 Å². The van der Waals surface area contributed by atoms with E-state index >= 15 is 0 Å². The maximum Gasteiger partial charge on any atom is 0.215 e. The largest absolute Gasteiger partial charge is 0.481 e. The van der Waals surface area contributed by atoms with E-state index in [-0.39, 0.29) is 0 Å². The molecular formula is C14H17N3O. The number of aromatic nitrogens is 1. The number of ether oxygens (including phenoxy) is 1. The number of nitrogens with zero attached hydrogens (tertiary/aromatic N) is 1. The number of aryl methyl sites for hydroxylation is 1. The fourth-order valence-corrected chi connectivity index (χ4v) is 1.69. The molecular weight excluding hydrogens is 226 g/mol. The molecule has 0 spiro atoms. The normalized spacial score (nSPS) is 10.1. The Morgan fingerprint density at radius 2 is 2.00 bits per heavy atom. The molecule has 0 unspecified atom stereocenters. The summed E-state index contributed by atoms with van der Waals surface area (Å²) < 4.78 is 5.08. The fraction of sp³-hybridized carbons (Fsp3) is 0.214. The first kappa shape index (κ1) is 12.2. The second-order valence-corrected chi connectivity index (χ2v) is 4.07. The minimum atomic E-state index is 0.552. The highest BCUT2D eigenvalue weighted by atomic mass is 16.5. The maximum absolute atomic E-state index is 5.87. The second kappa shape index (κ2) is 5.40. The maximum atomic E-state index is 5.87. The Morgan fingerprint density at radius 3 is 2.72 bits per heavy atom. The summed E-state index contributed by atoms with van der Waals surface area (Å²) in [5.41, 5.74) is 8.95. The number of nitrogens with one attached hydrogen (secondary N) is 1. The van der Waals surface area contributed by atoms with Crippen molar-refractivity contribution < 1.29 is 4.74 Å². The average Bonchev–Trinajstić information content (AvgIpc) is 2.39. The van der Waals surface area contributed by atoms with Crippen molar-refractivity contribution in [1.29, 1.82) is 0 Å². The summed E-state index contributed by atoms with van der Waals surface area (Å²) in [6, 6.07) is 11.7. The monoisotopic (exact) mass is 243 g/mol. The van der Waals surface area contributed by atoms with Gasteiger partial charge in [-0.25, -0.2) is 0 Å². The van der Waals surface area contributed by atoms with Crippen LogP contribution in [0.15, 0.2) is 36.4 Å². The molecule has 0 aliphatic carbocycles. The summed E-state index contributed by atoms with van der Waals surface area (Å²) in [5, 5.41) is 3.23. The van der Waals surface area contributed by atoms with Gasteiger partial charge in [-0.3, -0.25) is 0 Å². The Balaban J connectivity index is 2.13. The van der Waals surface area contributed by atoms with Crippen LogP contribution >= 0.6 is 0 Å². The van der Waals surface area contributed by atoms with Gasteiger partial charge < -0.3 is 15.8 Å². The van der Waals surface area contributed by atoms with Gasteiger partial charge in [0.15, 0.2) is 5.82 Å². The molecule has 0 radical (unpaired) electrons. The number of hydrogen-bond acceptors (Lipinski definition) is 4. The van der Waals surface area contributed by atoms with Crippen molar-refractivity contribution in [3.63, 3.8) is 0 Å². The third-order valence-electron chi connectivity index (χ3n) is 2.82. The molecule has 0 atom stereocenters. The van der Waals surface area contributed by atoms with E-state index in [1.54, 1.807) is 19.2 Å². The molecule has 2 rings (SSSR count). The lowest BCUT2D eigenvalue weighted by Gasteiger charge is -2.11. The van der Waals surface area contributed by atoms with Crippen molar-refractivity contribution in [3.05, 3.63) is 47.5 Å². The zero-order valence-corrected chi connectivity index (χ0v) is 10.6. The van der Waals surface area contributed by atoms with Crippen LogP contribution in [0, 0.1) is 6.92 Å². The molecule has 4 heteroatoms. The van der Waals surface area contributed by atoms with Gasteiger partial charge in [-0.05, 0) is 24.1 Å². The van der Waals surface area contributed by atoms with Crippen molar-refractivity contribution >= 4 is 11.5 Å². The summed E-state index contributed by atoms with van der Waals surface area (Å²) in [4.78, 5) is 4.28. The molecule has 2 aromatic rings. The first-order valence-corrected chi connectivity index (χ1v) is 5.79. The van der Waals surface area contributed by atoms with Crippen LogP contribution < -0.4 is 15.8 Å². The van der Waals surface area contributed by atoms with Crippen LogP contribution in [0.4, 0.5) is 11.5 Å².